The van der Waals surface area contributed by atoms with Crippen LogP contribution in [-0.2, 0) is 22.4 Å². The molecule has 0 saturated carbocycles. The molecule has 3 rings (SSSR count). The minimum absolute atomic E-state index is 0.0654. The molecule has 156 valence electrons. The molecule has 2 heterocycles. The molecule has 0 atom stereocenters. The third kappa shape index (κ3) is 6.96. The number of hydrogen-bond donors (Lipinski definition) is 4. The van der Waals surface area contributed by atoms with Gasteiger partial charge in [-0.25, -0.2) is 0 Å². The third-order valence-corrected chi connectivity index (χ3v) is 6.37. The smallest absolute Gasteiger partial charge is 0.279 e. The van der Waals surface area contributed by atoms with E-state index in [0.717, 1.165) is 50.3 Å². The van der Waals surface area contributed by atoms with Gasteiger partial charge in [0.2, 0.25) is 0 Å². The Morgan fingerprint density at radius 1 is 0.966 bits per heavy atom. The van der Waals surface area contributed by atoms with Gasteiger partial charge in [0.25, 0.3) is 11.8 Å². The first kappa shape index (κ1) is 21.5. The SMILES string of the molecule is CCc1ccccc1NC(=O)C[NH+]1CC[NH+](CC(=O)NCCc2cccs2)CC1. The van der Waals surface area contributed by atoms with Gasteiger partial charge in [0.15, 0.2) is 13.1 Å². The molecule has 6 nitrogen and oxygen atoms in total. The molecule has 7 heteroatoms. The second kappa shape index (κ2) is 11.1. The average Bonchev–Trinajstić information content (AvgIpc) is 3.23. The van der Waals surface area contributed by atoms with Crippen LogP contribution in [0.15, 0.2) is 41.8 Å². The van der Waals surface area contributed by atoms with Crippen molar-refractivity contribution in [2.24, 2.45) is 0 Å². The molecule has 1 aromatic carbocycles. The maximum Gasteiger partial charge on any atom is 0.279 e. The van der Waals surface area contributed by atoms with Crippen LogP contribution >= 0.6 is 11.3 Å². The minimum Gasteiger partial charge on any atom is -0.351 e. The molecule has 2 aromatic rings. The molecule has 1 fully saturated rings. The summed E-state index contributed by atoms with van der Waals surface area (Å²) in [6.07, 6.45) is 1.80. The molecule has 2 amide bonds. The van der Waals surface area contributed by atoms with Gasteiger partial charge in [0.05, 0.1) is 0 Å². The van der Waals surface area contributed by atoms with E-state index in [1.54, 1.807) is 11.3 Å². The molecular formula is C22H32N4O2S+2. The monoisotopic (exact) mass is 416 g/mol. The van der Waals surface area contributed by atoms with Gasteiger partial charge in [-0.1, -0.05) is 31.2 Å². The first-order chi connectivity index (χ1) is 14.1. The Bertz CT molecular complexity index is 786. The predicted molar refractivity (Wildman–Crippen MR) is 117 cm³/mol. The molecule has 0 aliphatic carbocycles. The number of aryl methyl sites for hydroxylation is 1. The van der Waals surface area contributed by atoms with E-state index in [1.165, 1.54) is 14.7 Å². The molecule has 29 heavy (non-hydrogen) atoms. The summed E-state index contributed by atoms with van der Waals surface area (Å²) in [6.45, 7) is 7.48. The first-order valence-corrected chi connectivity index (χ1v) is 11.4. The van der Waals surface area contributed by atoms with Gasteiger partial charge in [0.1, 0.15) is 26.2 Å². The van der Waals surface area contributed by atoms with E-state index in [9.17, 15) is 9.59 Å². The zero-order valence-electron chi connectivity index (χ0n) is 17.1. The van der Waals surface area contributed by atoms with Crippen LogP contribution in [-0.4, -0.2) is 57.6 Å². The van der Waals surface area contributed by atoms with Gasteiger partial charge in [0, 0.05) is 17.1 Å². The summed E-state index contributed by atoms with van der Waals surface area (Å²) in [5, 5.41) is 8.14. The third-order valence-electron chi connectivity index (χ3n) is 5.43. The number of hydrogen-bond acceptors (Lipinski definition) is 3. The van der Waals surface area contributed by atoms with Crippen molar-refractivity contribution in [3.05, 3.63) is 52.2 Å². The first-order valence-electron chi connectivity index (χ1n) is 10.5. The lowest BCUT2D eigenvalue weighted by atomic mass is 10.1. The van der Waals surface area contributed by atoms with Crippen molar-refractivity contribution in [1.29, 1.82) is 0 Å². The van der Waals surface area contributed by atoms with E-state index in [0.29, 0.717) is 19.6 Å². The summed E-state index contributed by atoms with van der Waals surface area (Å²) >= 11 is 1.73. The predicted octanol–water partition coefficient (Wildman–Crippen LogP) is -0.609. The van der Waals surface area contributed by atoms with E-state index in [4.69, 9.17) is 0 Å². The van der Waals surface area contributed by atoms with Crippen LogP contribution in [0.4, 0.5) is 5.69 Å². The molecule has 1 aliphatic rings. The number of quaternary nitrogens is 2. The van der Waals surface area contributed by atoms with Crippen LogP contribution in [0.25, 0.3) is 0 Å². The van der Waals surface area contributed by atoms with Gasteiger partial charge >= 0.3 is 0 Å². The molecule has 0 radical (unpaired) electrons. The van der Waals surface area contributed by atoms with Crippen molar-refractivity contribution in [2.45, 2.75) is 19.8 Å². The standard InChI is InChI=1S/C22H30N4O2S/c1-2-18-6-3-4-8-20(18)24-22(28)17-26-13-11-25(12-14-26)16-21(27)23-10-9-19-7-5-15-29-19/h3-8,15H,2,9-14,16-17H2,1H3,(H,23,27)(H,24,28)/p+2. The maximum atomic E-state index is 12.4. The topological polar surface area (TPSA) is 67.1 Å². The lowest BCUT2D eigenvalue weighted by Crippen LogP contribution is -3.28. The van der Waals surface area contributed by atoms with E-state index < -0.39 is 0 Å². The molecule has 1 aliphatic heterocycles. The Hall–Kier alpha value is -2.22. The number of thiophene rings is 1. The highest BCUT2D eigenvalue weighted by molar-refractivity contribution is 7.09. The maximum absolute atomic E-state index is 12.4. The van der Waals surface area contributed by atoms with Crippen molar-refractivity contribution in [2.75, 3.05) is 51.1 Å². The number of carbonyl (C=O) groups excluding carboxylic acids is 2. The van der Waals surface area contributed by atoms with E-state index >= 15 is 0 Å². The summed E-state index contributed by atoms with van der Waals surface area (Å²) in [7, 11) is 0. The van der Waals surface area contributed by atoms with Gasteiger partial charge in [-0.2, -0.15) is 0 Å². The minimum atomic E-state index is 0.0654. The van der Waals surface area contributed by atoms with Crippen LogP contribution in [0.1, 0.15) is 17.4 Å². The Kier molecular flexibility index (Phi) is 8.22. The highest BCUT2D eigenvalue weighted by Gasteiger charge is 2.26. The molecule has 1 aromatic heterocycles. The number of amides is 2. The van der Waals surface area contributed by atoms with Crippen molar-refractivity contribution < 1.29 is 19.4 Å². The molecule has 4 N–H and O–H groups in total. The van der Waals surface area contributed by atoms with E-state index in [-0.39, 0.29) is 11.8 Å². The fourth-order valence-corrected chi connectivity index (χ4v) is 4.46. The largest absolute Gasteiger partial charge is 0.351 e. The fraction of sp³-hybridized carbons (Fsp3) is 0.455. The van der Waals surface area contributed by atoms with Gasteiger partial charge in [-0.3, -0.25) is 9.59 Å². The summed E-state index contributed by atoms with van der Waals surface area (Å²) in [5.41, 5.74) is 2.08. The van der Waals surface area contributed by atoms with Gasteiger partial charge < -0.3 is 20.4 Å². The van der Waals surface area contributed by atoms with E-state index in [2.05, 4.69) is 35.1 Å². The quantitative estimate of drug-likeness (QED) is 0.441. The second-order valence-electron chi connectivity index (χ2n) is 7.59. The van der Waals surface area contributed by atoms with Crippen molar-refractivity contribution in [3.8, 4) is 0 Å². The van der Waals surface area contributed by atoms with Crippen LogP contribution in [0.5, 0.6) is 0 Å². The number of benzene rings is 1. The Labute approximate surface area is 176 Å². The molecule has 0 unspecified atom stereocenters. The summed E-state index contributed by atoms with van der Waals surface area (Å²) in [4.78, 5) is 28.5. The number of piperazine rings is 1. The van der Waals surface area contributed by atoms with Crippen molar-refractivity contribution in [3.63, 3.8) is 0 Å². The Morgan fingerprint density at radius 3 is 2.31 bits per heavy atom. The number of rotatable bonds is 9. The summed E-state index contributed by atoms with van der Waals surface area (Å²) < 4.78 is 0. The van der Waals surface area contributed by atoms with Crippen LogP contribution in [0, 0.1) is 0 Å². The molecular weight excluding hydrogens is 384 g/mol. The summed E-state index contributed by atoms with van der Waals surface area (Å²) in [5.74, 6) is 0.185. The Morgan fingerprint density at radius 2 is 1.66 bits per heavy atom. The number of para-hydroxylation sites is 1. The van der Waals surface area contributed by atoms with Crippen molar-refractivity contribution in [1.82, 2.24) is 5.32 Å². The fourth-order valence-electron chi connectivity index (χ4n) is 3.75. The number of nitrogens with one attached hydrogen (secondary N) is 4. The van der Waals surface area contributed by atoms with Crippen LogP contribution in [0.2, 0.25) is 0 Å². The van der Waals surface area contributed by atoms with Gasteiger partial charge in [-0.05, 0) is 35.9 Å². The highest BCUT2D eigenvalue weighted by Crippen LogP contribution is 2.14. The van der Waals surface area contributed by atoms with E-state index in [1.807, 2.05) is 24.3 Å². The Balaban J connectivity index is 1.33. The zero-order valence-corrected chi connectivity index (χ0v) is 17.9. The van der Waals surface area contributed by atoms with Crippen LogP contribution < -0.4 is 20.4 Å². The highest BCUT2D eigenvalue weighted by atomic mass is 32.1. The van der Waals surface area contributed by atoms with Gasteiger partial charge in [-0.15, -0.1) is 11.3 Å². The zero-order chi connectivity index (χ0) is 20.5. The molecule has 1 saturated heterocycles. The number of carbonyl (C=O) groups is 2. The second-order valence-corrected chi connectivity index (χ2v) is 8.62. The lowest BCUT2D eigenvalue weighted by molar-refractivity contribution is -1.00. The normalized spacial score (nSPS) is 18.9. The lowest BCUT2D eigenvalue weighted by Gasteiger charge is -2.29. The van der Waals surface area contributed by atoms with Crippen LogP contribution in [0.3, 0.4) is 0 Å². The van der Waals surface area contributed by atoms with Crippen molar-refractivity contribution >= 4 is 28.8 Å². The molecule has 0 bridgehead atoms. The average molecular weight is 417 g/mol. The molecule has 0 spiro atoms. The number of anilines is 1. The summed E-state index contributed by atoms with van der Waals surface area (Å²) in [6, 6.07) is 12.1.